The monoisotopic (exact) mass is 344 g/mol. The van der Waals surface area contributed by atoms with Crippen molar-refractivity contribution in [3.63, 3.8) is 0 Å². The summed E-state index contributed by atoms with van der Waals surface area (Å²) in [7, 11) is 0. The second-order valence-electron chi connectivity index (χ2n) is 6.61. The molecule has 2 aliphatic rings. The molecule has 1 aromatic heterocycles. The Morgan fingerprint density at radius 1 is 1.16 bits per heavy atom. The number of rotatable bonds is 4. The number of carbonyl (C=O) groups is 1. The van der Waals surface area contributed by atoms with Crippen LogP contribution >= 0.6 is 0 Å². The third-order valence-corrected chi connectivity index (χ3v) is 4.88. The third kappa shape index (κ3) is 3.12. The van der Waals surface area contributed by atoms with Gasteiger partial charge in [-0.15, -0.1) is 0 Å². The van der Waals surface area contributed by atoms with Crippen LogP contribution in [0.15, 0.2) is 42.7 Å². The van der Waals surface area contributed by atoms with E-state index in [0.717, 1.165) is 17.7 Å². The van der Waals surface area contributed by atoms with Crippen LogP contribution in [0.25, 0.3) is 0 Å². The number of carbonyl (C=O) groups excluding carboxylic acids is 1. The smallest absolute Gasteiger partial charge is 0.239 e. The third-order valence-electron chi connectivity index (χ3n) is 4.88. The maximum atomic E-state index is 14.1. The van der Waals surface area contributed by atoms with E-state index >= 15 is 0 Å². The number of benzene rings is 1. The molecule has 1 aromatic carbocycles. The van der Waals surface area contributed by atoms with Gasteiger partial charge in [0, 0.05) is 24.0 Å². The van der Waals surface area contributed by atoms with Gasteiger partial charge in [0.2, 0.25) is 5.91 Å². The summed E-state index contributed by atoms with van der Waals surface area (Å²) < 4.78 is 27.5. The Kier molecular flexibility index (Phi) is 3.97. The lowest BCUT2D eigenvalue weighted by atomic mass is 10.0. The molecule has 1 saturated carbocycles. The van der Waals surface area contributed by atoms with Crippen LogP contribution in [0.2, 0.25) is 0 Å². The zero-order chi connectivity index (χ0) is 17.4. The summed E-state index contributed by atoms with van der Waals surface area (Å²) in [4.78, 5) is 16.6. The van der Waals surface area contributed by atoms with E-state index in [1.165, 1.54) is 6.07 Å². The van der Waals surface area contributed by atoms with E-state index in [1.807, 2.05) is 12.1 Å². The fraction of sp³-hybridized carbons (Fsp3) is 0.333. The molecule has 2 fully saturated rings. The lowest BCUT2D eigenvalue weighted by Crippen LogP contribution is -2.47. The molecule has 25 heavy (non-hydrogen) atoms. The van der Waals surface area contributed by atoms with E-state index in [-0.39, 0.29) is 17.5 Å². The molecule has 0 radical (unpaired) electrons. The summed E-state index contributed by atoms with van der Waals surface area (Å²) in [5.74, 6) is -1.22. The minimum atomic E-state index is -0.792. The predicted molar refractivity (Wildman–Crippen MR) is 87.1 cm³/mol. The van der Waals surface area contributed by atoms with Gasteiger partial charge in [0.1, 0.15) is 17.7 Å². The predicted octanol–water partition coefficient (Wildman–Crippen LogP) is 2.07. The molecule has 5 nitrogen and oxygen atoms in total. The molecule has 7 heteroatoms. The van der Waals surface area contributed by atoms with Gasteiger partial charge >= 0.3 is 0 Å². The van der Waals surface area contributed by atoms with Crippen LogP contribution in [0.1, 0.15) is 36.4 Å². The average Bonchev–Trinajstić information content (AvgIpc) is 3.21. The standard InChI is InChI=1S/C18H18F2N4O/c19-12-1-2-14(20)13(9-12)18(5-6-18)22-17(25)16-10-15(23-24-16)11-3-7-21-8-4-11/h1-4,7-9,15-16,23-24H,5-6,10H2,(H,22,25). The van der Waals surface area contributed by atoms with Crippen molar-refractivity contribution in [2.45, 2.75) is 36.9 Å². The number of hydrogen-bond acceptors (Lipinski definition) is 4. The van der Waals surface area contributed by atoms with Crippen LogP contribution in [0.4, 0.5) is 8.78 Å². The summed E-state index contributed by atoms with van der Waals surface area (Å²) in [6.07, 6.45) is 5.18. The highest BCUT2D eigenvalue weighted by Gasteiger charge is 2.48. The lowest BCUT2D eigenvalue weighted by molar-refractivity contribution is -0.124. The zero-order valence-corrected chi connectivity index (χ0v) is 13.4. The van der Waals surface area contributed by atoms with E-state index in [0.29, 0.717) is 19.3 Å². The van der Waals surface area contributed by atoms with E-state index in [9.17, 15) is 13.6 Å². The Bertz CT molecular complexity index is 795. The number of hydrogen-bond donors (Lipinski definition) is 3. The first-order valence-electron chi connectivity index (χ1n) is 8.26. The average molecular weight is 344 g/mol. The highest BCUT2D eigenvalue weighted by molar-refractivity contribution is 5.83. The van der Waals surface area contributed by atoms with Gasteiger partial charge in [-0.2, -0.15) is 0 Å². The molecule has 0 spiro atoms. The molecular weight excluding hydrogens is 326 g/mol. The number of aromatic nitrogens is 1. The second kappa shape index (κ2) is 6.16. The summed E-state index contributed by atoms with van der Waals surface area (Å²) in [6, 6.07) is 6.70. The Balaban J connectivity index is 1.45. The molecule has 3 N–H and O–H groups in total. The molecule has 1 aliphatic heterocycles. The van der Waals surface area contributed by atoms with Crippen LogP contribution in [0.3, 0.4) is 0 Å². The number of hydrazine groups is 1. The molecule has 1 saturated heterocycles. The SMILES string of the molecule is O=C(NC1(c2cc(F)ccc2F)CC1)C1CC(c2ccncc2)NN1. The van der Waals surface area contributed by atoms with Crippen molar-refractivity contribution in [2.24, 2.45) is 0 Å². The zero-order valence-electron chi connectivity index (χ0n) is 13.4. The maximum Gasteiger partial charge on any atom is 0.239 e. The largest absolute Gasteiger partial charge is 0.345 e. The van der Waals surface area contributed by atoms with Gasteiger partial charge in [-0.25, -0.2) is 19.6 Å². The number of nitrogens with zero attached hydrogens (tertiary/aromatic N) is 1. The number of pyridine rings is 1. The van der Waals surface area contributed by atoms with Crippen molar-refractivity contribution in [1.82, 2.24) is 21.2 Å². The van der Waals surface area contributed by atoms with Gasteiger partial charge in [-0.3, -0.25) is 9.78 Å². The first kappa shape index (κ1) is 16.1. The number of halogens is 2. The molecule has 2 atom stereocenters. The number of amides is 1. The minimum Gasteiger partial charge on any atom is -0.345 e. The number of nitrogens with one attached hydrogen (secondary N) is 3. The maximum absolute atomic E-state index is 14.1. The van der Waals surface area contributed by atoms with Crippen molar-refractivity contribution < 1.29 is 13.6 Å². The van der Waals surface area contributed by atoms with Gasteiger partial charge in [0.05, 0.1) is 5.54 Å². The van der Waals surface area contributed by atoms with Crippen LogP contribution in [-0.2, 0) is 10.3 Å². The van der Waals surface area contributed by atoms with Crippen molar-refractivity contribution in [3.05, 3.63) is 65.5 Å². The van der Waals surface area contributed by atoms with Gasteiger partial charge < -0.3 is 5.32 Å². The van der Waals surface area contributed by atoms with Crippen LogP contribution in [0.5, 0.6) is 0 Å². The van der Waals surface area contributed by atoms with Gasteiger partial charge in [-0.05, 0) is 55.2 Å². The Morgan fingerprint density at radius 3 is 2.64 bits per heavy atom. The first-order chi connectivity index (χ1) is 12.1. The topological polar surface area (TPSA) is 66.0 Å². The van der Waals surface area contributed by atoms with E-state index < -0.39 is 23.2 Å². The molecule has 4 rings (SSSR count). The normalized spacial score (nSPS) is 24.1. The summed E-state index contributed by atoms with van der Waals surface area (Å²) >= 11 is 0. The quantitative estimate of drug-likeness (QED) is 0.794. The molecule has 2 aromatic rings. The van der Waals surface area contributed by atoms with E-state index in [4.69, 9.17) is 0 Å². The molecule has 0 bridgehead atoms. The van der Waals surface area contributed by atoms with Crippen LogP contribution in [0, 0.1) is 11.6 Å². The van der Waals surface area contributed by atoms with Crippen molar-refractivity contribution in [3.8, 4) is 0 Å². The summed E-state index contributed by atoms with van der Waals surface area (Å²) in [5, 5.41) is 2.91. The van der Waals surface area contributed by atoms with Gasteiger partial charge in [0.15, 0.2) is 0 Å². The summed E-state index contributed by atoms with van der Waals surface area (Å²) in [5.41, 5.74) is 6.55. The van der Waals surface area contributed by atoms with Crippen LogP contribution in [-0.4, -0.2) is 16.9 Å². The van der Waals surface area contributed by atoms with Crippen molar-refractivity contribution in [1.29, 1.82) is 0 Å². The second-order valence-corrected chi connectivity index (χ2v) is 6.61. The lowest BCUT2D eigenvalue weighted by Gasteiger charge is -2.21. The molecule has 130 valence electrons. The van der Waals surface area contributed by atoms with Crippen molar-refractivity contribution >= 4 is 5.91 Å². The molecular formula is C18H18F2N4O. The summed E-state index contributed by atoms with van der Waals surface area (Å²) in [6.45, 7) is 0. The Morgan fingerprint density at radius 2 is 1.92 bits per heavy atom. The molecule has 1 aliphatic carbocycles. The highest BCUT2D eigenvalue weighted by atomic mass is 19.1. The minimum absolute atomic E-state index is 0.000177. The highest BCUT2D eigenvalue weighted by Crippen LogP contribution is 2.46. The fourth-order valence-corrected chi connectivity index (χ4v) is 3.32. The van der Waals surface area contributed by atoms with Crippen molar-refractivity contribution in [2.75, 3.05) is 0 Å². The van der Waals surface area contributed by atoms with Crippen LogP contribution < -0.4 is 16.2 Å². The fourth-order valence-electron chi connectivity index (χ4n) is 3.32. The van der Waals surface area contributed by atoms with E-state index in [1.54, 1.807) is 12.4 Å². The molecule has 2 unspecified atom stereocenters. The van der Waals surface area contributed by atoms with Gasteiger partial charge in [0.25, 0.3) is 0 Å². The van der Waals surface area contributed by atoms with Gasteiger partial charge in [-0.1, -0.05) is 0 Å². The van der Waals surface area contributed by atoms with E-state index in [2.05, 4.69) is 21.2 Å². The first-order valence-corrected chi connectivity index (χ1v) is 8.26. The molecule has 1 amide bonds. The Labute approximate surface area is 143 Å². The Hall–Kier alpha value is -2.38. The molecule has 2 heterocycles.